The lowest BCUT2D eigenvalue weighted by molar-refractivity contribution is 1.18. The van der Waals surface area contributed by atoms with E-state index in [9.17, 15) is 0 Å². The number of para-hydroxylation sites is 1. The summed E-state index contributed by atoms with van der Waals surface area (Å²) < 4.78 is 4.50. The Morgan fingerprint density at radius 3 is 1.74 bits per heavy atom. The standard InChI is InChI=1S/C36H23Br2N/c37-30-19-29(20-31(38)23-30)28-16-17-34-33-14-4-5-15-35(33)39(36(34)22-28)32-13-7-12-27(21-32)26-11-6-10-25(18-26)24-8-2-1-3-9-24/h1-23H. The van der Waals surface area contributed by atoms with E-state index in [0.29, 0.717) is 0 Å². The van der Waals surface area contributed by atoms with Gasteiger partial charge < -0.3 is 4.57 Å². The Balaban J connectivity index is 1.41. The first-order valence-electron chi connectivity index (χ1n) is 12.9. The molecule has 0 spiro atoms. The van der Waals surface area contributed by atoms with Crippen molar-refractivity contribution in [1.82, 2.24) is 4.57 Å². The molecule has 0 aliphatic heterocycles. The summed E-state index contributed by atoms with van der Waals surface area (Å²) >= 11 is 7.31. The molecular weight excluding hydrogens is 606 g/mol. The molecule has 1 aromatic heterocycles. The van der Waals surface area contributed by atoms with Crippen LogP contribution in [0.5, 0.6) is 0 Å². The number of hydrogen-bond acceptors (Lipinski definition) is 0. The second-order valence-electron chi connectivity index (χ2n) is 9.74. The molecule has 3 heteroatoms. The van der Waals surface area contributed by atoms with E-state index in [0.717, 1.165) is 14.6 Å². The van der Waals surface area contributed by atoms with Gasteiger partial charge in [0.25, 0.3) is 0 Å². The summed E-state index contributed by atoms with van der Waals surface area (Å²) in [7, 11) is 0. The van der Waals surface area contributed by atoms with E-state index in [2.05, 4.69) is 176 Å². The maximum atomic E-state index is 3.65. The summed E-state index contributed by atoms with van der Waals surface area (Å²) in [4.78, 5) is 0. The average Bonchev–Trinajstić information content (AvgIpc) is 3.31. The summed E-state index contributed by atoms with van der Waals surface area (Å²) in [6.07, 6.45) is 0. The normalized spacial score (nSPS) is 11.3. The predicted molar refractivity (Wildman–Crippen MR) is 172 cm³/mol. The van der Waals surface area contributed by atoms with Crippen LogP contribution < -0.4 is 0 Å². The average molecular weight is 629 g/mol. The summed E-state index contributed by atoms with van der Waals surface area (Å²) in [5.74, 6) is 0. The van der Waals surface area contributed by atoms with Crippen LogP contribution in [0.2, 0.25) is 0 Å². The van der Waals surface area contributed by atoms with Crippen molar-refractivity contribution < 1.29 is 0 Å². The predicted octanol–water partition coefficient (Wildman–Crippen LogP) is 11.3. The molecule has 39 heavy (non-hydrogen) atoms. The molecule has 0 aliphatic rings. The number of fused-ring (bicyclic) bond motifs is 3. The van der Waals surface area contributed by atoms with Gasteiger partial charge in [0.15, 0.2) is 0 Å². The molecule has 1 nitrogen and oxygen atoms in total. The van der Waals surface area contributed by atoms with E-state index in [1.807, 2.05) is 0 Å². The van der Waals surface area contributed by atoms with Crippen molar-refractivity contribution in [2.45, 2.75) is 0 Å². The molecule has 0 N–H and O–H groups in total. The molecule has 0 bridgehead atoms. The first-order valence-corrected chi connectivity index (χ1v) is 14.5. The van der Waals surface area contributed by atoms with Gasteiger partial charge in [-0.2, -0.15) is 0 Å². The summed E-state index contributed by atoms with van der Waals surface area (Å²) in [5.41, 5.74) is 10.8. The SMILES string of the molecule is Brc1cc(Br)cc(-c2ccc3c4ccccc4n(-c4cccc(-c5cccc(-c6ccccc6)c5)c4)c3c2)c1. The molecule has 0 atom stereocenters. The number of benzene rings is 6. The van der Waals surface area contributed by atoms with Gasteiger partial charge in [0, 0.05) is 25.4 Å². The maximum absolute atomic E-state index is 3.65. The van der Waals surface area contributed by atoms with Crippen molar-refractivity contribution in [3.63, 3.8) is 0 Å². The zero-order chi connectivity index (χ0) is 26.3. The summed E-state index contributed by atoms with van der Waals surface area (Å²) in [6.45, 7) is 0. The fourth-order valence-corrected chi connectivity index (χ4v) is 6.78. The molecule has 6 aromatic carbocycles. The van der Waals surface area contributed by atoms with Gasteiger partial charge in [-0.3, -0.25) is 0 Å². The van der Waals surface area contributed by atoms with Gasteiger partial charge in [0.05, 0.1) is 11.0 Å². The third-order valence-electron chi connectivity index (χ3n) is 7.28. The summed E-state index contributed by atoms with van der Waals surface area (Å²) in [6, 6.07) is 50.1. The number of hydrogen-bond donors (Lipinski definition) is 0. The van der Waals surface area contributed by atoms with Crippen molar-refractivity contribution in [1.29, 1.82) is 0 Å². The van der Waals surface area contributed by atoms with Crippen LogP contribution in [0.4, 0.5) is 0 Å². The minimum Gasteiger partial charge on any atom is -0.309 e. The van der Waals surface area contributed by atoms with Crippen LogP contribution in [0.15, 0.2) is 148 Å². The molecule has 7 rings (SSSR count). The van der Waals surface area contributed by atoms with E-state index in [1.54, 1.807) is 0 Å². The third-order valence-corrected chi connectivity index (χ3v) is 8.19. The molecule has 7 aromatic rings. The first-order chi connectivity index (χ1) is 19.1. The van der Waals surface area contributed by atoms with Crippen molar-refractivity contribution >= 4 is 53.7 Å². The minimum atomic E-state index is 1.05. The smallest absolute Gasteiger partial charge is 0.0547 e. The van der Waals surface area contributed by atoms with E-state index >= 15 is 0 Å². The molecule has 1 heterocycles. The second kappa shape index (κ2) is 10.00. The lowest BCUT2D eigenvalue weighted by atomic mass is 9.99. The zero-order valence-corrected chi connectivity index (χ0v) is 24.2. The highest BCUT2D eigenvalue weighted by atomic mass is 79.9. The third kappa shape index (κ3) is 4.52. The van der Waals surface area contributed by atoms with Crippen LogP contribution >= 0.6 is 31.9 Å². The molecule has 0 saturated carbocycles. The number of aromatic nitrogens is 1. The van der Waals surface area contributed by atoms with Crippen molar-refractivity contribution in [3.8, 4) is 39.1 Å². The topological polar surface area (TPSA) is 4.93 Å². The van der Waals surface area contributed by atoms with Crippen LogP contribution in [0.25, 0.3) is 60.9 Å². The van der Waals surface area contributed by atoms with Crippen LogP contribution in [0.3, 0.4) is 0 Å². The van der Waals surface area contributed by atoms with Crippen molar-refractivity contribution in [2.75, 3.05) is 0 Å². The monoisotopic (exact) mass is 627 g/mol. The molecule has 0 aliphatic carbocycles. The highest BCUT2D eigenvalue weighted by Crippen LogP contribution is 2.37. The second-order valence-corrected chi connectivity index (χ2v) is 11.6. The maximum Gasteiger partial charge on any atom is 0.0547 e. The van der Waals surface area contributed by atoms with E-state index in [1.165, 1.54) is 55.2 Å². The van der Waals surface area contributed by atoms with Gasteiger partial charge in [-0.05, 0) is 81.9 Å². The highest BCUT2D eigenvalue weighted by Gasteiger charge is 2.14. The number of halogens is 2. The van der Waals surface area contributed by atoms with Gasteiger partial charge in [-0.15, -0.1) is 0 Å². The fraction of sp³-hybridized carbons (Fsp3) is 0. The minimum absolute atomic E-state index is 1.05. The summed E-state index contributed by atoms with van der Waals surface area (Å²) in [5, 5.41) is 2.51. The van der Waals surface area contributed by atoms with Gasteiger partial charge in [0.1, 0.15) is 0 Å². The fourth-order valence-electron chi connectivity index (χ4n) is 5.48. The molecule has 0 radical (unpaired) electrons. The van der Waals surface area contributed by atoms with E-state index in [4.69, 9.17) is 0 Å². The first kappa shape index (κ1) is 24.1. The Hall–Kier alpha value is -3.92. The molecule has 0 fully saturated rings. The molecule has 0 amide bonds. The Morgan fingerprint density at radius 1 is 0.359 bits per heavy atom. The van der Waals surface area contributed by atoms with Gasteiger partial charge >= 0.3 is 0 Å². The number of rotatable bonds is 4. The van der Waals surface area contributed by atoms with E-state index < -0.39 is 0 Å². The molecular formula is C36H23Br2N. The Labute approximate surface area is 244 Å². The Kier molecular flexibility index (Phi) is 6.19. The van der Waals surface area contributed by atoms with Crippen LogP contribution in [-0.4, -0.2) is 4.57 Å². The molecule has 186 valence electrons. The van der Waals surface area contributed by atoms with Crippen LogP contribution in [0.1, 0.15) is 0 Å². The Bertz CT molecular complexity index is 1970. The molecule has 0 unspecified atom stereocenters. The van der Waals surface area contributed by atoms with Crippen molar-refractivity contribution in [2.24, 2.45) is 0 Å². The zero-order valence-electron chi connectivity index (χ0n) is 21.0. The highest BCUT2D eigenvalue weighted by molar-refractivity contribution is 9.11. The van der Waals surface area contributed by atoms with Crippen LogP contribution in [-0.2, 0) is 0 Å². The van der Waals surface area contributed by atoms with Gasteiger partial charge in [-0.1, -0.05) is 123 Å². The van der Waals surface area contributed by atoms with Gasteiger partial charge in [0.2, 0.25) is 0 Å². The van der Waals surface area contributed by atoms with Crippen LogP contribution in [0, 0.1) is 0 Å². The molecule has 0 saturated heterocycles. The Morgan fingerprint density at radius 2 is 0.949 bits per heavy atom. The van der Waals surface area contributed by atoms with Gasteiger partial charge in [-0.25, -0.2) is 0 Å². The number of nitrogens with zero attached hydrogens (tertiary/aromatic N) is 1. The lowest BCUT2D eigenvalue weighted by Gasteiger charge is -2.12. The largest absolute Gasteiger partial charge is 0.309 e. The quantitative estimate of drug-likeness (QED) is 0.183. The lowest BCUT2D eigenvalue weighted by Crippen LogP contribution is -1.94. The van der Waals surface area contributed by atoms with Crippen molar-refractivity contribution in [3.05, 3.63) is 148 Å². The van der Waals surface area contributed by atoms with E-state index in [-0.39, 0.29) is 0 Å².